The largest absolute Gasteiger partial charge is 0.459 e. The summed E-state index contributed by atoms with van der Waals surface area (Å²) >= 11 is 0. The van der Waals surface area contributed by atoms with Crippen molar-refractivity contribution in [2.75, 3.05) is 13.7 Å². The fourth-order valence-corrected chi connectivity index (χ4v) is 1.42. The van der Waals surface area contributed by atoms with Gasteiger partial charge in [0.15, 0.2) is 0 Å². The highest BCUT2D eigenvalue weighted by atomic mass is 16.7. The first-order valence-electron chi connectivity index (χ1n) is 6.56. The molecule has 0 aliphatic rings. The maximum Gasteiger partial charge on any atom is 0.435 e. The average molecular weight is 295 g/mol. The van der Waals surface area contributed by atoms with Gasteiger partial charge in [-0.15, -0.1) is 0 Å². The number of ether oxygens (including phenoxy) is 2. The predicted octanol–water partition coefficient (Wildman–Crippen LogP) is 2.53. The zero-order chi connectivity index (χ0) is 15.9. The summed E-state index contributed by atoms with van der Waals surface area (Å²) in [5.74, 6) is -0.577. The van der Waals surface area contributed by atoms with E-state index < -0.39 is 17.7 Å². The summed E-state index contributed by atoms with van der Waals surface area (Å²) in [6.45, 7) is 5.00. The van der Waals surface area contributed by atoms with Gasteiger partial charge in [-0.1, -0.05) is 30.3 Å². The Bertz CT molecular complexity index is 467. The molecule has 0 aliphatic heterocycles. The molecule has 0 fully saturated rings. The Morgan fingerprint density at radius 3 is 2.29 bits per heavy atom. The summed E-state index contributed by atoms with van der Waals surface area (Å²) in [6, 6.07) is 9.27. The second-order valence-electron chi connectivity index (χ2n) is 5.35. The van der Waals surface area contributed by atoms with E-state index in [1.807, 2.05) is 30.3 Å². The van der Waals surface area contributed by atoms with Crippen LogP contribution >= 0.6 is 0 Å². The molecule has 1 amide bonds. The van der Waals surface area contributed by atoms with Crippen molar-refractivity contribution in [1.29, 1.82) is 0 Å². The van der Waals surface area contributed by atoms with Crippen molar-refractivity contribution in [3.05, 3.63) is 35.9 Å². The van der Waals surface area contributed by atoms with Crippen molar-refractivity contribution >= 4 is 12.1 Å². The smallest absolute Gasteiger partial charge is 0.435 e. The number of esters is 1. The molecule has 6 heteroatoms. The monoisotopic (exact) mass is 295 g/mol. The summed E-state index contributed by atoms with van der Waals surface area (Å²) in [6.07, 6.45) is -0.735. The summed E-state index contributed by atoms with van der Waals surface area (Å²) in [5, 5.41) is 0.818. The lowest BCUT2D eigenvalue weighted by Gasteiger charge is -2.24. The molecule has 21 heavy (non-hydrogen) atoms. The van der Waals surface area contributed by atoms with Crippen LogP contribution in [0.1, 0.15) is 26.3 Å². The second kappa shape index (κ2) is 7.64. The minimum Gasteiger partial charge on any atom is -0.459 e. The number of amides is 1. The highest BCUT2D eigenvalue weighted by Gasteiger charge is 2.24. The van der Waals surface area contributed by atoms with Gasteiger partial charge in [0.1, 0.15) is 18.8 Å². The molecule has 0 radical (unpaired) electrons. The molecule has 0 spiro atoms. The van der Waals surface area contributed by atoms with Crippen LogP contribution in [0.4, 0.5) is 4.79 Å². The molecule has 116 valence electrons. The minimum atomic E-state index is -0.735. The molecule has 6 nitrogen and oxygen atoms in total. The van der Waals surface area contributed by atoms with Crippen LogP contribution in [0.15, 0.2) is 30.3 Å². The number of hydrogen-bond acceptors (Lipinski definition) is 5. The van der Waals surface area contributed by atoms with Gasteiger partial charge < -0.3 is 9.47 Å². The lowest BCUT2D eigenvalue weighted by Crippen LogP contribution is -2.39. The van der Waals surface area contributed by atoms with E-state index in [4.69, 9.17) is 14.3 Å². The maximum atomic E-state index is 11.8. The third-order valence-corrected chi connectivity index (χ3v) is 2.33. The lowest BCUT2D eigenvalue weighted by molar-refractivity contribution is -0.164. The normalized spacial score (nSPS) is 10.9. The molecule has 1 aromatic rings. The molecular formula is C15H21NO5. The second-order valence-corrected chi connectivity index (χ2v) is 5.35. The molecule has 1 aromatic carbocycles. The van der Waals surface area contributed by atoms with E-state index in [0.29, 0.717) is 0 Å². The number of hydrogen-bond donors (Lipinski definition) is 0. The zero-order valence-electron chi connectivity index (χ0n) is 12.8. The van der Waals surface area contributed by atoms with Crippen LogP contribution in [0.2, 0.25) is 0 Å². The Morgan fingerprint density at radius 1 is 1.14 bits per heavy atom. The Labute approximate surface area is 124 Å². The van der Waals surface area contributed by atoms with Gasteiger partial charge in [0.05, 0.1) is 7.11 Å². The van der Waals surface area contributed by atoms with Gasteiger partial charge in [0.25, 0.3) is 0 Å². The topological polar surface area (TPSA) is 65.1 Å². The Balaban J connectivity index is 2.45. The molecule has 0 atom stereocenters. The molecule has 0 unspecified atom stereocenters. The van der Waals surface area contributed by atoms with E-state index >= 15 is 0 Å². The van der Waals surface area contributed by atoms with Crippen LogP contribution in [-0.4, -0.2) is 36.4 Å². The number of rotatable bonds is 5. The van der Waals surface area contributed by atoms with Crippen LogP contribution in [0.5, 0.6) is 0 Å². The number of carbonyl (C=O) groups is 2. The van der Waals surface area contributed by atoms with Crippen LogP contribution in [0.25, 0.3) is 0 Å². The fourth-order valence-electron chi connectivity index (χ4n) is 1.42. The zero-order valence-corrected chi connectivity index (χ0v) is 12.8. The van der Waals surface area contributed by atoms with Crippen molar-refractivity contribution in [2.24, 2.45) is 0 Å². The standard InChI is InChI=1S/C15H21NO5/c1-15(2,3)21-14(18)16(19-4)10-13(17)20-11-12-8-6-5-7-9-12/h5-9H,10-11H2,1-4H3. The SMILES string of the molecule is CON(CC(=O)OCc1ccccc1)C(=O)OC(C)(C)C. The molecule has 0 aromatic heterocycles. The summed E-state index contributed by atoms with van der Waals surface area (Å²) in [4.78, 5) is 28.3. The average Bonchev–Trinajstić information content (AvgIpc) is 2.41. The third-order valence-electron chi connectivity index (χ3n) is 2.33. The molecule has 0 saturated heterocycles. The number of nitrogens with zero attached hydrogens (tertiary/aromatic N) is 1. The van der Waals surface area contributed by atoms with Crippen molar-refractivity contribution in [3.63, 3.8) is 0 Å². The highest BCUT2D eigenvalue weighted by Crippen LogP contribution is 2.10. The van der Waals surface area contributed by atoms with E-state index in [0.717, 1.165) is 10.6 Å². The van der Waals surface area contributed by atoms with E-state index in [1.54, 1.807) is 20.8 Å². The molecular weight excluding hydrogens is 274 g/mol. The molecule has 1 rings (SSSR count). The Morgan fingerprint density at radius 2 is 1.76 bits per heavy atom. The summed E-state index contributed by atoms with van der Waals surface area (Å²) in [7, 11) is 1.29. The van der Waals surface area contributed by atoms with Crippen molar-refractivity contribution in [3.8, 4) is 0 Å². The lowest BCUT2D eigenvalue weighted by atomic mass is 10.2. The third kappa shape index (κ3) is 6.76. The van der Waals surface area contributed by atoms with Gasteiger partial charge in [0, 0.05) is 0 Å². The molecule has 0 aliphatic carbocycles. The van der Waals surface area contributed by atoms with Crippen molar-refractivity contribution in [1.82, 2.24) is 5.06 Å². The maximum absolute atomic E-state index is 11.8. The number of hydroxylamine groups is 2. The van der Waals surface area contributed by atoms with Crippen LogP contribution in [0.3, 0.4) is 0 Å². The number of carbonyl (C=O) groups excluding carboxylic acids is 2. The summed E-state index contributed by atoms with van der Waals surface area (Å²) in [5.41, 5.74) is 0.203. The van der Waals surface area contributed by atoms with E-state index in [-0.39, 0.29) is 13.2 Å². The van der Waals surface area contributed by atoms with Gasteiger partial charge >= 0.3 is 12.1 Å². The molecule has 0 saturated carbocycles. The number of benzene rings is 1. The Kier molecular flexibility index (Phi) is 6.17. The van der Waals surface area contributed by atoms with E-state index in [1.165, 1.54) is 7.11 Å². The minimum absolute atomic E-state index is 0.144. The van der Waals surface area contributed by atoms with Crippen molar-refractivity contribution < 1.29 is 23.9 Å². The van der Waals surface area contributed by atoms with Crippen molar-refractivity contribution in [2.45, 2.75) is 33.0 Å². The van der Waals surface area contributed by atoms with Crippen LogP contribution in [-0.2, 0) is 25.7 Å². The van der Waals surface area contributed by atoms with Crippen LogP contribution in [0, 0.1) is 0 Å². The van der Waals surface area contributed by atoms with Gasteiger partial charge in [-0.25, -0.2) is 4.79 Å². The molecule has 0 heterocycles. The quantitative estimate of drug-likeness (QED) is 0.617. The predicted molar refractivity (Wildman–Crippen MR) is 76.2 cm³/mol. The van der Waals surface area contributed by atoms with Gasteiger partial charge in [-0.05, 0) is 26.3 Å². The van der Waals surface area contributed by atoms with Gasteiger partial charge in [0.2, 0.25) is 0 Å². The first-order valence-corrected chi connectivity index (χ1v) is 6.56. The molecule has 0 N–H and O–H groups in total. The first-order chi connectivity index (χ1) is 9.81. The molecule has 0 bridgehead atoms. The fraction of sp³-hybridized carbons (Fsp3) is 0.467. The Hall–Kier alpha value is -2.08. The van der Waals surface area contributed by atoms with E-state index in [9.17, 15) is 9.59 Å². The van der Waals surface area contributed by atoms with Gasteiger partial charge in [-0.2, -0.15) is 5.06 Å². The van der Waals surface area contributed by atoms with Crippen LogP contribution < -0.4 is 0 Å². The highest BCUT2D eigenvalue weighted by molar-refractivity contribution is 5.77. The van der Waals surface area contributed by atoms with Gasteiger partial charge in [-0.3, -0.25) is 9.63 Å². The van der Waals surface area contributed by atoms with E-state index in [2.05, 4.69) is 0 Å². The summed E-state index contributed by atoms with van der Waals surface area (Å²) < 4.78 is 10.2. The first kappa shape index (κ1) is 17.0.